The normalized spacial score (nSPS) is 11.3. The predicted octanol–water partition coefficient (Wildman–Crippen LogP) is 5.82. The van der Waals surface area contributed by atoms with Gasteiger partial charge in [-0.05, 0) is 29.7 Å². The zero-order valence-electron chi connectivity index (χ0n) is 13.2. The van der Waals surface area contributed by atoms with Gasteiger partial charge in [0.15, 0.2) is 0 Å². The lowest BCUT2D eigenvalue weighted by molar-refractivity contribution is 0.689. The zero-order chi connectivity index (χ0) is 16.2. The van der Waals surface area contributed by atoms with Gasteiger partial charge in [-0.2, -0.15) is 0 Å². The lowest BCUT2D eigenvalue weighted by Crippen LogP contribution is -2.07. The Kier molecular flexibility index (Phi) is 5.24. The number of nitrogens with zero attached hydrogens (tertiary/aromatic N) is 2. The molecule has 0 fully saturated rings. The van der Waals surface area contributed by atoms with Gasteiger partial charge in [0.2, 0.25) is 0 Å². The molecular weight excluding hydrogens is 327 g/mol. The summed E-state index contributed by atoms with van der Waals surface area (Å²) in [4.78, 5) is 4.85. The summed E-state index contributed by atoms with van der Waals surface area (Å²) in [5, 5.41) is 0.791. The van der Waals surface area contributed by atoms with Crippen LogP contribution in [0.3, 0.4) is 0 Å². The van der Waals surface area contributed by atoms with E-state index in [1.54, 1.807) is 0 Å². The molecule has 0 bridgehead atoms. The fourth-order valence-corrected chi connectivity index (χ4v) is 3.32. The molecule has 3 aromatic rings. The number of rotatable bonds is 6. The van der Waals surface area contributed by atoms with Gasteiger partial charge >= 0.3 is 0 Å². The first-order chi connectivity index (χ1) is 11.2. The second kappa shape index (κ2) is 7.37. The van der Waals surface area contributed by atoms with E-state index >= 15 is 0 Å². The Bertz CT molecular complexity index is 808. The van der Waals surface area contributed by atoms with E-state index < -0.39 is 0 Å². The molecule has 0 saturated carbocycles. The fourth-order valence-electron chi connectivity index (χ4n) is 2.91. The van der Waals surface area contributed by atoms with E-state index in [9.17, 15) is 0 Å². The highest BCUT2D eigenvalue weighted by Crippen LogP contribution is 2.26. The Labute approximate surface area is 147 Å². The van der Waals surface area contributed by atoms with E-state index in [0.717, 1.165) is 58.8 Å². The minimum absolute atomic E-state index is 0.485. The minimum Gasteiger partial charge on any atom is -0.323 e. The maximum absolute atomic E-state index is 6.36. The standard InChI is InChI=1S/C19H20Cl2N2/c1-2-3-11-18-22-17-10-6-8-14(12-20)19(17)23(18)13-15-7-4-5-9-16(15)21/h4-10H,2-3,11-13H2,1H3. The van der Waals surface area contributed by atoms with Crippen molar-refractivity contribution < 1.29 is 0 Å². The quantitative estimate of drug-likeness (QED) is 0.514. The lowest BCUT2D eigenvalue weighted by Gasteiger charge is -2.12. The van der Waals surface area contributed by atoms with Crippen LogP contribution >= 0.6 is 23.2 Å². The van der Waals surface area contributed by atoms with Crippen molar-refractivity contribution in [3.05, 3.63) is 64.4 Å². The molecule has 0 aliphatic carbocycles. The van der Waals surface area contributed by atoms with Gasteiger partial charge in [-0.3, -0.25) is 0 Å². The zero-order valence-corrected chi connectivity index (χ0v) is 14.7. The molecule has 1 aromatic heterocycles. The van der Waals surface area contributed by atoms with Crippen LogP contribution in [0.4, 0.5) is 0 Å². The first-order valence-corrected chi connectivity index (χ1v) is 8.92. The first kappa shape index (κ1) is 16.4. The fraction of sp³-hybridized carbons (Fsp3) is 0.316. The molecule has 0 atom stereocenters. The van der Waals surface area contributed by atoms with Gasteiger partial charge in [-0.15, -0.1) is 11.6 Å². The molecule has 0 unspecified atom stereocenters. The van der Waals surface area contributed by atoms with Crippen molar-refractivity contribution >= 4 is 34.2 Å². The number of benzene rings is 2. The Balaban J connectivity index is 2.13. The number of halogens is 2. The average Bonchev–Trinajstić information content (AvgIpc) is 2.92. The molecule has 4 heteroatoms. The van der Waals surface area contributed by atoms with Gasteiger partial charge in [-0.1, -0.05) is 55.3 Å². The molecular formula is C19H20Cl2N2. The number of para-hydroxylation sites is 1. The molecule has 1 heterocycles. The van der Waals surface area contributed by atoms with Crippen LogP contribution in [-0.2, 0) is 18.8 Å². The van der Waals surface area contributed by atoms with Crippen molar-refractivity contribution in [3.8, 4) is 0 Å². The van der Waals surface area contributed by atoms with Gasteiger partial charge in [0.05, 0.1) is 17.6 Å². The summed E-state index contributed by atoms with van der Waals surface area (Å²) in [5.41, 5.74) is 4.37. The monoisotopic (exact) mass is 346 g/mol. The Morgan fingerprint density at radius 1 is 1.04 bits per heavy atom. The Morgan fingerprint density at radius 3 is 2.57 bits per heavy atom. The number of fused-ring (bicyclic) bond motifs is 1. The summed E-state index contributed by atoms with van der Waals surface area (Å²) in [6.45, 7) is 2.92. The van der Waals surface area contributed by atoms with Crippen molar-refractivity contribution in [1.82, 2.24) is 9.55 Å². The number of hydrogen-bond acceptors (Lipinski definition) is 1. The smallest absolute Gasteiger partial charge is 0.110 e. The molecule has 0 spiro atoms. The minimum atomic E-state index is 0.485. The van der Waals surface area contributed by atoms with Crippen LogP contribution in [0.25, 0.3) is 11.0 Å². The van der Waals surface area contributed by atoms with Gasteiger partial charge in [-0.25, -0.2) is 4.98 Å². The van der Waals surface area contributed by atoms with E-state index in [1.165, 1.54) is 0 Å². The molecule has 2 aromatic carbocycles. The van der Waals surface area contributed by atoms with E-state index in [4.69, 9.17) is 28.2 Å². The second-order valence-electron chi connectivity index (χ2n) is 5.73. The van der Waals surface area contributed by atoms with Crippen molar-refractivity contribution in [2.75, 3.05) is 0 Å². The van der Waals surface area contributed by atoms with Crippen LogP contribution in [0.2, 0.25) is 5.02 Å². The maximum atomic E-state index is 6.36. The largest absolute Gasteiger partial charge is 0.323 e. The number of imidazole rings is 1. The molecule has 0 aliphatic rings. The first-order valence-electron chi connectivity index (χ1n) is 8.01. The van der Waals surface area contributed by atoms with Crippen molar-refractivity contribution in [1.29, 1.82) is 0 Å². The highest BCUT2D eigenvalue weighted by atomic mass is 35.5. The molecule has 3 rings (SSSR count). The van der Waals surface area contributed by atoms with Gasteiger partial charge in [0, 0.05) is 17.3 Å². The predicted molar refractivity (Wildman–Crippen MR) is 98.5 cm³/mol. The summed E-state index contributed by atoms with van der Waals surface area (Å²) >= 11 is 12.5. The Morgan fingerprint density at radius 2 is 1.83 bits per heavy atom. The molecule has 0 aliphatic heterocycles. The Hall–Kier alpha value is -1.51. The van der Waals surface area contributed by atoms with Crippen LogP contribution in [-0.4, -0.2) is 9.55 Å². The van der Waals surface area contributed by atoms with Crippen molar-refractivity contribution in [3.63, 3.8) is 0 Å². The van der Waals surface area contributed by atoms with Crippen LogP contribution < -0.4 is 0 Å². The van der Waals surface area contributed by atoms with Crippen LogP contribution in [0.1, 0.15) is 36.7 Å². The van der Waals surface area contributed by atoms with Crippen LogP contribution in [0.15, 0.2) is 42.5 Å². The third-order valence-electron chi connectivity index (χ3n) is 4.11. The van der Waals surface area contributed by atoms with Gasteiger partial charge < -0.3 is 4.57 Å². The van der Waals surface area contributed by atoms with Crippen LogP contribution in [0, 0.1) is 0 Å². The number of hydrogen-bond donors (Lipinski definition) is 0. The van der Waals surface area contributed by atoms with E-state index in [2.05, 4.69) is 29.7 Å². The SMILES string of the molecule is CCCCc1nc2cccc(CCl)c2n1Cc1ccccc1Cl. The molecule has 0 saturated heterocycles. The number of unbranched alkanes of at least 4 members (excludes halogenated alkanes) is 1. The second-order valence-corrected chi connectivity index (χ2v) is 6.40. The summed E-state index contributed by atoms with van der Waals surface area (Å²) in [7, 11) is 0. The number of aromatic nitrogens is 2. The summed E-state index contributed by atoms with van der Waals surface area (Å²) in [5.74, 6) is 1.60. The maximum Gasteiger partial charge on any atom is 0.110 e. The van der Waals surface area contributed by atoms with E-state index in [-0.39, 0.29) is 0 Å². The topological polar surface area (TPSA) is 17.8 Å². The summed E-state index contributed by atoms with van der Waals surface area (Å²) < 4.78 is 2.28. The highest BCUT2D eigenvalue weighted by Gasteiger charge is 2.14. The molecule has 2 nitrogen and oxygen atoms in total. The third-order valence-corrected chi connectivity index (χ3v) is 4.77. The molecule has 0 amide bonds. The van der Waals surface area contributed by atoms with Crippen LogP contribution in [0.5, 0.6) is 0 Å². The molecule has 23 heavy (non-hydrogen) atoms. The van der Waals surface area contributed by atoms with Gasteiger partial charge in [0.25, 0.3) is 0 Å². The van der Waals surface area contributed by atoms with E-state index in [1.807, 2.05) is 24.3 Å². The third kappa shape index (κ3) is 3.39. The van der Waals surface area contributed by atoms with Crippen molar-refractivity contribution in [2.45, 2.75) is 38.6 Å². The molecule has 120 valence electrons. The molecule has 0 radical (unpaired) electrons. The number of alkyl halides is 1. The summed E-state index contributed by atoms with van der Waals surface area (Å²) in [6.07, 6.45) is 3.25. The molecule has 0 N–H and O–H groups in total. The van der Waals surface area contributed by atoms with E-state index in [0.29, 0.717) is 5.88 Å². The summed E-state index contributed by atoms with van der Waals surface area (Å²) in [6, 6.07) is 14.1. The highest BCUT2D eigenvalue weighted by molar-refractivity contribution is 6.31. The number of aryl methyl sites for hydroxylation is 1. The average molecular weight is 347 g/mol. The van der Waals surface area contributed by atoms with Gasteiger partial charge in [0.1, 0.15) is 5.82 Å². The van der Waals surface area contributed by atoms with Crippen molar-refractivity contribution in [2.24, 2.45) is 0 Å². The lowest BCUT2D eigenvalue weighted by atomic mass is 10.1.